The van der Waals surface area contributed by atoms with Gasteiger partial charge >= 0.3 is 0 Å². The fraction of sp³-hybridized carbons (Fsp3) is 0.500. The quantitative estimate of drug-likeness (QED) is 0.731. The van der Waals surface area contributed by atoms with Crippen LogP contribution in [-0.4, -0.2) is 5.78 Å². The number of hydrogen-bond acceptors (Lipinski definition) is 1. The molecule has 0 heterocycles. The van der Waals surface area contributed by atoms with Crippen molar-refractivity contribution in [3.05, 3.63) is 34.3 Å². The van der Waals surface area contributed by atoms with Gasteiger partial charge in [0, 0.05) is 16.0 Å². The Morgan fingerprint density at radius 1 is 1.38 bits per heavy atom. The van der Waals surface area contributed by atoms with E-state index in [2.05, 4.69) is 22.9 Å². The van der Waals surface area contributed by atoms with Crippen molar-refractivity contribution in [1.82, 2.24) is 0 Å². The van der Waals surface area contributed by atoms with E-state index < -0.39 is 0 Å². The van der Waals surface area contributed by atoms with Gasteiger partial charge in [0.15, 0.2) is 5.78 Å². The summed E-state index contributed by atoms with van der Waals surface area (Å²) in [6.07, 6.45) is 4.61. The molecule has 0 saturated heterocycles. The van der Waals surface area contributed by atoms with E-state index in [0.29, 0.717) is 11.7 Å². The molecule has 0 amide bonds. The van der Waals surface area contributed by atoms with E-state index in [1.54, 1.807) is 0 Å². The minimum absolute atomic E-state index is 0.248. The maximum Gasteiger partial charge on any atom is 0.165 e. The van der Waals surface area contributed by atoms with Gasteiger partial charge in [-0.05, 0) is 30.9 Å². The van der Waals surface area contributed by atoms with Crippen molar-refractivity contribution >= 4 is 21.7 Å². The molecule has 86 valence electrons. The molecule has 16 heavy (non-hydrogen) atoms. The van der Waals surface area contributed by atoms with Crippen molar-refractivity contribution in [2.45, 2.75) is 32.6 Å². The second-order valence-corrected chi connectivity index (χ2v) is 5.76. The average molecular weight is 281 g/mol. The number of carbonyl (C=O) groups is 1. The van der Waals surface area contributed by atoms with E-state index in [1.165, 1.54) is 12.8 Å². The molecule has 2 heteroatoms. The third-order valence-electron chi connectivity index (χ3n) is 3.42. The number of halogens is 1. The summed E-state index contributed by atoms with van der Waals surface area (Å²) in [7, 11) is 0. The van der Waals surface area contributed by atoms with Gasteiger partial charge in [0.25, 0.3) is 0 Å². The van der Waals surface area contributed by atoms with Crippen molar-refractivity contribution in [3.8, 4) is 0 Å². The van der Waals surface area contributed by atoms with Crippen LogP contribution in [0.2, 0.25) is 0 Å². The molecule has 1 aromatic rings. The highest BCUT2D eigenvalue weighted by Gasteiger charge is 2.25. The van der Waals surface area contributed by atoms with Crippen LogP contribution in [0.25, 0.3) is 0 Å². The highest BCUT2D eigenvalue weighted by Crippen LogP contribution is 2.31. The third-order valence-corrected chi connectivity index (χ3v) is 3.91. The van der Waals surface area contributed by atoms with Gasteiger partial charge < -0.3 is 0 Å². The monoisotopic (exact) mass is 280 g/mol. The molecular weight excluding hydrogens is 264 g/mol. The van der Waals surface area contributed by atoms with Crippen molar-refractivity contribution < 1.29 is 4.79 Å². The fourth-order valence-corrected chi connectivity index (χ4v) is 2.95. The second kappa shape index (κ2) is 5.13. The summed E-state index contributed by atoms with van der Waals surface area (Å²) in [5.41, 5.74) is 0.855. The predicted octanol–water partition coefficient (Wildman–Crippen LogP) is 4.46. The van der Waals surface area contributed by atoms with Gasteiger partial charge in [-0.2, -0.15) is 0 Å². The summed E-state index contributed by atoms with van der Waals surface area (Å²) in [5, 5.41) is 0. The number of carbonyl (C=O) groups excluding carboxylic acids is 1. The summed E-state index contributed by atoms with van der Waals surface area (Å²) in [6.45, 7) is 2.25. The van der Waals surface area contributed by atoms with Gasteiger partial charge in [0.05, 0.1) is 0 Å². The van der Waals surface area contributed by atoms with Crippen LogP contribution < -0.4 is 0 Å². The molecule has 2 rings (SSSR count). The Hall–Kier alpha value is -0.630. The lowest BCUT2D eigenvalue weighted by atomic mass is 9.79. The normalized spacial score (nSPS) is 25.4. The lowest BCUT2D eigenvalue weighted by Crippen LogP contribution is -2.21. The Kier molecular flexibility index (Phi) is 3.80. The Labute approximate surface area is 105 Å². The minimum atomic E-state index is 0.248. The van der Waals surface area contributed by atoms with Gasteiger partial charge in [-0.1, -0.05) is 47.8 Å². The molecule has 0 N–H and O–H groups in total. The lowest BCUT2D eigenvalue weighted by molar-refractivity contribution is 0.0868. The topological polar surface area (TPSA) is 17.1 Å². The molecule has 0 radical (unpaired) electrons. The fourth-order valence-electron chi connectivity index (χ4n) is 2.55. The van der Waals surface area contributed by atoms with Gasteiger partial charge in [-0.15, -0.1) is 0 Å². The lowest BCUT2D eigenvalue weighted by Gasteiger charge is -2.25. The molecule has 2 unspecified atom stereocenters. The van der Waals surface area contributed by atoms with Crippen LogP contribution in [0.3, 0.4) is 0 Å². The molecule has 0 aliphatic heterocycles. The van der Waals surface area contributed by atoms with E-state index in [1.807, 2.05) is 24.3 Å². The van der Waals surface area contributed by atoms with E-state index >= 15 is 0 Å². The van der Waals surface area contributed by atoms with Crippen LogP contribution in [0.1, 0.15) is 43.0 Å². The molecule has 1 aliphatic rings. The standard InChI is InChI=1S/C14H17BrO/c1-10-4-2-5-11(8-10)14(16)12-6-3-7-13(15)9-12/h3,6-7,9-11H,2,4-5,8H2,1H3. The van der Waals surface area contributed by atoms with Crippen molar-refractivity contribution in [1.29, 1.82) is 0 Å². The van der Waals surface area contributed by atoms with Crippen LogP contribution in [0, 0.1) is 11.8 Å². The summed E-state index contributed by atoms with van der Waals surface area (Å²) < 4.78 is 0.988. The van der Waals surface area contributed by atoms with Crippen molar-refractivity contribution in [2.75, 3.05) is 0 Å². The van der Waals surface area contributed by atoms with Crippen LogP contribution in [0.5, 0.6) is 0 Å². The van der Waals surface area contributed by atoms with E-state index in [-0.39, 0.29) is 5.92 Å². The van der Waals surface area contributed by atoms with Crippen molar-refractivity contribution in [2.24, 2.45) is 11.8 Å². The van der Waals surface area contributed by atoms with Gasteiger partial charge in [0.2, 0.25) is 0 Å². The zero-order valence-electron chi connectivity index (χ0n) is 9.58. The first-order chi connectivity index (χ1) is 7.66. The molecule has 1 aliphatic carbocycles. The second-order valence-electron chi connectivity index (χ2n) is 4.84. The SMILES string of the molecule is CC1CCCC(C(=O)c2cccc(Br)c2)C1. The Morgan fingerprint density at radius 2 is 2.19 bits per heavy atom. The molecule has 1 fully saturated rings. The molecule has 1 saturated carbocycles. The summed E-state index contributed by atoms with van der Waals surface area (Å²) >= 11 is 3.41. The Morgan fingerprint density at radius 3 is 2.88 bits per heavy atom. The summed E-state index contributed by atoms with van der Waals surface area (Å²) in [6, 6.07) is 7.75. The Balaban J connectivity index is 2.12. The number of benzene rings is 1. The maximum atomic E-state index is 12.3. The van der Waals surface area contributed by atoms with Crippen LogP contribution in [0.15, 0.2) is 28.7 Å². The zero-order chi connectivity index (χ0) is 11.5. The van der Waals surface area contributed by atoms with Crippen molar-refractivity contribution in [3.63, 3.8) is 0 Å². The smallest absolute Gasteiger partial charge is 0.165 e. The van der Waals surface area contributed by atoms with Gasteiger partial charge in [-0.25, -0.2) is 0 Å². The highest BCUT2D eigenvalue weighted by molar-refractivity contribution is 9.10. The largest absolute Gasteiger partial charge is 0.294 e. The first-order valence-corrected chi connectivity index (χ1v) is 6.76. The van der Waals surface area contributed by atoms with E-state index in [9.17, 15) is 4.79 Å². The average Bonchev–Trinajstić information content (AvgIpc) is 2.28. The predicted molar refractivity (Wildman–Crippen MR) is 69.6 cm³/mol. The first kappa shape index (κ1) is 11.8. The minimum Gasteiger partial charge on any atom is -0.294 e. The molecule has 1 nitrogen and oxygen atoms in total. The summed E-state index contributed by atoms with van der Waals surface area (Å²) in [4.78, 5) is 12.3. The third kappa shape index (κ3) is 2.73. The summed E-state index contributed by atoms with van der Waals surface area (Å²) in [5.74, 6) is 1.28. The molecule has 0 aromatic heterocycles. The molecule has 0 bridgehead atoms. The van der Waals surface area contributed by atoms with Crippen LogP contribution >= 0.6 is 15.9 Å². The van der Waals surface area contributed by atoms with Gasteiger partial charge in [0.1, 0.15) is 0 Å². The number of hydrogen-bond donors (Lipinski definition) is 0. The van der Waals surface area contributed by atoms with E-state index in [0.717, 1.165) is 22.9 Å². The molecule has 1 aromatic carbocycles. The molecular formula is C14H17BrO. The Bertz CT molecular complexity index is 386. The highest BCUT2D eigenvalue weighted by atomic mass is 79.9. The van der Waals surface area contributed by atoms with Crippen LogP contribution in [-0.2, 0) is 0 Å². The zero-order valence-corrected chi connectivity index (χ0v) is 11.2. The molecule has 2 atom stereocenters. The van der Waals surface area contributed by atoms with Crippen LogP contribution in [0.4, 0.5) is 0 Å². The maximum absolute atomic E-state index is 12.3. The molecule has 0 spiro atoms. The number of rotatable bonds is 2. The number of Topliss-reactive ketones (excluding diaryl/α,β-unsaturated/α-hetero) is 1. The first-order valence-electron chi connectivity index (χ1n) is 5.96. The number of ketones is 1. The van der Waals surface area contributed by atoms with E-state index in [4.69, 9.17) is 0 Å². The van der Waals surface area contributed by atoms with Gasteiger partial charge in [-0.3, -0.25) is 4.79 Å².